The first-order valence-corrected chi connectivity index (χ1v) is 8.89. The molecule has 1 saturated heterocycles. The second kappa shape index (κ2) is 8.31. The molecule has 5 nitrogen and oxygen atoms in total. The number of nitrogens with zero attached hydrogens (tertiary/aromatic N) is 3. The number of nitrogens with one attached hydrogen (secondary N) is 1. The predicted molar refractivity (Wildman–Crippen MR) is 95.9 cm³/mol. The maximum atomic E-state index is 5.54. The molecular formula is C19H28N4O. The number of methoxy groups -OCH3 is 1. The summed E-state index contributed by atoms with van der Waals surface area (Å²) in [4.78, 5) is 2.51. The van der Waals surface area contributed by atoms with Crippen LogP contribution in [0.3, 0.4) is 0 Å². The fourth-order valence-electron chi connectivity index (χ4n) is 3.26. The zero-order chi connectivity index (χ0) is 16.8. The predicted octanol–water partition coefficient (Wildman–Crippen LogP) is 2.80. The number of rotatable bonds is 8. The lowest BCUT2D eigenvalue weighted by molar-refractivity contribution is 0.320. The highest BCUT2D eigenvalue weighted by molar-refractivity contribution is 5.37. The van der Waals surface area contributed by atoms with Crippen LogP contribution in [0.1, 0.15) is 36.6 Å². The number of ether oxygens (including phenoxy) is 1. The zero-order valence-corrected chi connectivity index (χ0v) is 14.8. The first kappa shape index (κ1) is 17.0. The molecule has 0 amide bonds. The fourth-order valence-corrected chi connectivity index (χ4v) is 3.26. The molecule has 1 N–H and O–H groups in total. The van der Waals surface area contributed by atoms with Crippen molar-refractivity contribution in [1.29, 1.82) is 0 Å². The highest BCUT2D eigenvalue weighted by Crippen LogP contribution is 2.23. The Kier molecular flexibility index (Phi) is 5.88. The third kappa shape index (κ3) is 4.36. The molecule has 3 rings (SSSR count). The van der Waals surface area contributed by atoms with Crippen LogP contribution in [0.25, 0.3) is 0 Å². The number of likely N-dealkylation sites (tertiary alicyclic amines) is 1. The van der Waals surface area contributed by atoms with Crippen molar-refractivity contribution in [3.63, 3.8) is 0 Å². The first-order valence-electron chi connectivity index (χ1n) is 8.89. The van der Waals surface area contributed by atoms with Gasteiger partial charge in [0.15, 0.2) is 0 Å². The van der Waals surface area contributed by atoms with E-state index in [4.69, 9.17) is 4.74 Å². The summed E-state index contributed by atoms with van der Waals surface area (Å²) in [5, 5.41) is 7.98. The van der Waals surface area contributed by atoms with Crippen molar-refractivity contribution in [3.8, 4) is 5.75 Å². The zero-order valence-electron chi connectivity index (χ0n) is 14.8. The lowest BCUT2D eigenvalue weighted by atomic mass is 10.1. The molecule has 5 heteroatoms. The van der Waals surface area contributed by atoms with E-state index in [-0.39, 0.29) is 0 Å². The van der Waals surface area contributed by atoms with Crippen LogP contribution in [0, 0.1) is 0 Å². The second-order valence-electron chi connectivity index (χ2n) is 6.40. The lowest BCUT2D eigenvalue weighted by Gasteiger charge is -2.18. The van der Waals surface area contributed by atoms with Crippen LogP contribution in [0.15, 0.2) is 30.5 Å². The van der Waals surface area contributed by atoms with Gasteiger partial charge in [0.1, 0.15) is 5.75 Å². The molecule has 2 aromatic rings. The van der Waals surface area contributed by atoms with Gasteiger partial charge in [0, 0.05) is 37.9 Å². The van der Waals surface area contributed by atoms with E-state index >= 15 is 0 Å². The van der Waals surface area contributed by atoms with E-state index < -0.39 is 0 Å². The van der Waals surface area contributed by atoms with Gasteiger partial charge in [0.25, 0.3) is 0 Å². The minimum Gasteiger partial charge on any atom is -0.496 e. The Morgan fingerprint density at radius 2 is 2.00 bits per heavy atom. The summed E-state index contributed by atoms with van der Waals surface area (Å²) in [7, 11) is 1.75. The summed E-state index contributed by atoms with van der Waals surface area (Å²) < 4.78 is 7.50. The van der Waals surface area contributed by atoms with Crippen molar-refractivity contribution in [2.75, 3.05) is 20.2 Å². The number of aromatic nitrogens is 2. The Labute approximate surface area is 144 Å². The van der Waals surface area contributed by atoms with E-state index in [2.05, 4.69) is 46.5 Å². The normalized spacial score (nSPS) is 15.1. The SMILES string of the molecule is CCn1ccc(CNCc2ccc(OC)c(CN3CCCC3)c2)n1. The number of benzene rings is 1. The summed E-state index contributed by atoms with van der Waals surface area (Å²) in [5.41, 5.74) is 3.66. The van der Waals surface area contributed by atoms with Gasteiger partial charge in [-0.15, -0.1) is 0 Å². The maximum Gasteiger partial charge on any atom is 0.123 e. The van der Waals surface area contributed by atoms with Gasteiger partial charge in [0.05, 0.1) is 12.8 Å². The van der Waals surface area contributed by atoms with Gasteiger partial charge < -0.3 is 10.1 Å². The van der Waals surface area contributed by atoms with Crippen LogP contribution in [0.2, 0.25) is 0 Å². The molecule has 1 aliphatic heterocycles. The topological polar surface area (TPSA) is 42.3 Å². The molecule has 0 radical (unpaired) electrons. The molecule has 0 aliphatic carbocycles. The Morgan fingerprint density at radius 1 is 1.17 bits per heavy atom. The van der Waals surface area contributed by atoms with Crippen LogP contribution in [-0.4, -0.2) is 34.9 Å². The van der Waals surface area contributed by atoms with Crippen molar-refractivity contribution >= 4 is 0 Å². The summed E-state index contributed by atoms with van der Waals surface area (Å²) in [6, 6.07) is 8.58. The molecule has 1 fully saturated rings. The van der Waals surface area contributed by atoms with Crippen LogP contribution in [-0.2, 0) is 26.2 Å². The molecule has 1 aliphatic rings. The standard InChI is InChI=1S/C19H28N4O/c1-3-23-11-8-18(21-23)14-20-13-16-6-7-19(24-2)17(12-16)15-22-9-4-5-10-22/h6-8,11-12,20H,3-5,9-10,13-15H2,1-2H3. The highest BCUT2D eigenvalue weighted by atomic mass is 16.5. The summed E-state index contributed by atoms with van der Waals surface area (Å²) in [5.74, 6) is 0.993. The Morgan fingerprint density at radius 3 is 2.71 bits per heavy atom. The molecule has 1 aromatic carbocycles. The van der Waals surface area contributed by atoms with Crippen molar-refractivity contribution < 1.29 is 4.74 Å². The maximum absolute atomic E-state index is 5.54. The van der Waals surface area contributed by atoms with Crippen LogP contribution in [0.5, 0.6) is 5.75 Å². The van der Waals surface area contributed by atoms with Gasteiger partial charge in [-0.3, -0.25) is 9.58 Å². The second-order valence-corrected chi connectivity index (χ2v) is 6.40. The molecule has 0 atom stereocenters. The van der Waals surface area contributed by atoms with Crippen LogP contribution in [0.4, 0.5) is 0 Å². The number of hydrogen-bond acceptors (Lipinski definition) is 4. The minimum atomic E-state index is 0.792. The largest absolute Gasteiger partial charge is 0.496 e. The van der Waals surface area contributed by atoms with Gasteiger partial charge in [-0.05, 0) is 56.6 Å². The Balaban J connectivity index is 1.58. The van der Waals surface area contributed by atoms with E-state index in [0.717, 1.165) is 37.6 Å². The lowest BCUT2D eigenvalue weighted by Crippen LogP contribution is -2.19. The molecule has 24 heavy (non-hydrogen) atoms. The molecular weight excluding hydrogens is 300 g/mol. The minimum absolute atomic E-state index is 0.792. The van der Waals surface area contributed by atoms with Gasteiger partial charge in [-0.2, -0.15) is 5.10 Å². The number of hydrogen-bond donors (Lipinski definition) is 1. The van der Waals surface area contributed by atoms with Crippen molar-refractivity contribution in [1.82, 2.24) is 20.0 Å². The van der Waals surface area contributed by atoms with Crippen molar-refractivity contribution in [2.24, 2.45) is 0 Å². The van der Waals surface area contributed by atoms with Gasteiger partial charge in [-0.25, -0.2) is 0 Å². The average Bonchev–Trinajstić information content (AvgIpc) is 3.27. The van der Waals surface area contributed by atoms with E-state index in [1.165, 1.54) is 37.1 Å². The van der Waals surface area contributed by atoms with Gasteiger partial charge >= 0.3 is 0 Å². The summed E-state index contributed by atoms with van der Waals surface area (Å²) >= 11 is 0. The molecule has 2 heterocycles. The highest BCUT2D eigenvalue weighted by Gasteiger charge is 2.14. The first-order chi connectivity index (χ1) is 11.8. The van der Waals surface area contributed by atoms with E-state index in [1.807, 2.05) is 10.9 Å². The Bertz CT molecular complexity index is 647. The molecule has 0 spiro atoms. The molecule has 0 saturated carbocycles. The van der Waals surface area contributed by atoms with Gasteiger partial charge in [-0.1, -0.05) is 6.07 Å². The van der Waals surface area contributed by atoms with E-state index in [0.29, 0.717) is 0 Å². The fraction of sp³-hybridized carbons (Fsp3) is 0.526. The van der Waals surface area contributed by atoms with E-state index in [9.17, 15) is 0 Å². The molecule has 0 bridgehead atoms. The average molecular weight is 328 g/mol. The monoisotopic (exact) mass is 328 g/mol. The summed E-state index contributed by atoms with van der Waals surface area (Å²) in [6.07, 6.45) is 4.65. The number of aryl methyl sites for hydroxylation is 1. The van der Waals surface area contributed by atoms with Crippen molar-refractivity contribution in [2.45, 2.75) is 45.9 Å². The van der Waals surface area contributed by atoms with E-state index in [1.54, 1.807) is 7.11 Å². The quantitative estimate of drug-likeness (QED) is 0.809. The summed E-state index contributed by atoms with van der Waals surface area (Å²) in [6.45, 7) is 8.04. The van der Waals surface area contributed by atoms with Crippen LogP contribution >= 0.6 is 0 Å². The molecule has 0 unspecified atom stereocenters. The van der Waals surface area contributed by atoms with Crippen molar-refractivity contribution in [3.05, 3.63) is 47.3 Å². The molecule has 1 aromatic heterocycles. The third-order valence-corrected chi connectivity index (χ3v) is 4.59. The van der Waals surface area contributed by atoms with Crippen LogP contribution < -0.4 is 10.1 Å². The smallest absolute Gasteiger partial charge is 0.123 e. The Hall–Kier alpha value is -1.85. The third-order valence-electron chi connectivity index (χ3n) is 4.59. The molecule has 130 valence electrons. The van der Waals surface area contributed by atoms with Gasteiger partial charge in [0.2, 0.25) is 0 Å².